The number of hydrogen-bond acceptors (Lipinski definition) is 6. The molecule has 198 valence electrons. The van der Waals surface area contributed by atoms with Crippen LogP contribution in [0.5, 0.6) is 5.75 Å². The summed E-state index contributed by atoms with van der Waals surface area (Å²) in [6.07, 6.45) is -3.85. The van der Waals surface area contributed by atoms with Gasteiger partial charge in [-0.25, -0.2) is 0 Å². The third-order valence-corrected chi connectivity index (χ3v) is 5.50. The van der Waals surface area contributed by atoms with Gasteiger partial charge < -0.3 is 24.9 Å². The Morgan fingerprint density at radius 3 is 2.53 bits per heavy atom. The maximum absolute atomic E-state index is 12.5. The molecule has 1 aromatic heterocycles. The highest BCUT2D eigenvalue weighted by Crippen LogP contribution is 2.29. The van der Waals surface area contributed by atoms with Gasteiger partial charge in [-0.05, 0) is 48.0 Å². The number of nitrogens with zero attached hydrogens (tertiary/aromatic N) is 1. The van der Waals surface area contributed by atoms with Gasteiger partial charge in [-0.2, -0.15) is 13.2 Å². The molecule has 0 atom stereocenters. The van der Waals surface area contributed by atoms with Crippen molar-refractivity contribution in [1.29, 1.82) is 0 Å². The van der Waals surface area contributed by atoms with Crippen LogP contribution in [0.1, 0.15) is 15.9 Å². The Balaban J connectivity index is 1.33. The van der Waals surface area contributed by atoms with Crippen molar-refractivity contribution < 1.29 is 36.7 Å². The molecule has 4 aromatic rings. The highest BCUT2D eigenvalue weighted by Gasteiger charge is 2.27. The number of anilines is 3. The van der Waals surface area contributed by atoms with Crippen LogP contribution in [0.25, 0.3) is 11.0 Å². The predicted molar refractivity (Wildman–Crippen MR) is 136 cm³/mol. The summed E-state index contributed by atoms with van der Waals surface area (Å²) in [5.41, 5.74) is 8.14. The van der Waals surface area contributed by atoms with Crippen LogP contribution in [-0.4, -0.2) is 38.3 Å². The normalized spacial score (nSPS) is 11.3. The lowest BCUT2D eigenvalue weighted by Gasteiger charge is -2.14. The maximum Gasteiger partial charge on any atom is 0.411 e. The molecule has 0 saturated heterocycles. The number of furan rings is 1. The summed E-state index contributed by atoms with van der Waals surface area (Å²) in [6.45, 7) is -1.37. The van der Waals surface area contributed by atoms with E-state index in [9.17, 15) is 22.8 Å². The number of para-hydroxylation sites is 2. The molecule has 0 aliphatic rings. The fraction of sp³-hybridized carbons (Fsp3) is 0.185. The molecule has 0 aliphatic carbocycles. The molecular formula is C27H24F3N3O5. The fourth-order valence-electron chi connectivity index (χ4n) is 3.64. The van der Waals surface area contributed by atoms with E-state index in [-0.39, 0.29) is 31.5 Å². The number of nitrogen functional groups attached to an aromatic ring is 1. The molecule has 3 aromatic carbocycles. The number of carbonyl (C=O) groups is 2. The van der Waals surface area contributed by atoms with E-state index >= 15 is 0 Å². The Labute approximate surface area is 215 Å². The Kier molecular flexibility index (Phi) is 8.17. The Hall–Kier alpha value is -4.51. The number of carbonyl (C=O) groups excluding carboxylic acids is 2. The first-order chi connectivity index (χ1) is 18.2. The van der Waals surface area contributed by atoms with Crippen molar-refractivity contribution in [2.24, 2.45) is 0 Å². The summed E-state index contributed by atoms with van der Waals surface area (Å²) >= 11 is 0. The topological polar surface area (TPSA) is 107 Å². The van der Waals surface area contributed by atoms with Crippen LogP contribution >= 0.6 is 0 Å². The van der Waals surface area contributed by atoms with Crippen molar-refractivity contribution in [1.82, 2.24) is 0 Å². The van der Waals surface area contributed by atoms with Crippen LogP contribution in [0.2, 0.25) is 0 Å². The lowest BCUT2D eigenvalue weighted by Crippen LogP contribution is -2.26. The van der Waals surface area contributed by atoms with Crippen LogP contribution in [0, 0.1) is 0 Å². The number of alkyl halides is 3. The van der Waals surface area contributed by atoms with E-state index in [2.05, 4.69) is 5.32 Å². The first-order valence-electron chi connectivity index (χ1n) is 11.5. The number of nitrogens with one attached hydrogen (secondary N) is 1. The van der Waals surface area contributed by atoms with Crippen molar-refractivity contribution in [2.75, 3.05) is 35.7 Å². The number of halogens is 3. The van der Waals surface area contributed by atoms with Crippen molar-refractivity contribution >= 4 is 40.5 Å². The number of benzene rings is 3. The van der Waals surface area contributed by atoms with E-state index in [1.54, 1.807) is 72.8 Å². The van der Waals surface area contributed by atoms with Crippen molar-refractivity contribution in [3.05, 3.63) is 83.9 Å². The molecule has 8 nitrogen and oxygen atoms in total. The Bertz CT molecular complexity index is 1400. The first kappa shape index (κ1) is 26.6. The van der Waals surface area contributed by atoms with Gasteiger partial charge in [0.2, 0.25) is 12.3 Å². The van der Waals surface area contributed by atoms with Gasteiger partial charge in [0, 0.05) is 17.0 Å². The van der Waals surface area contributed by atoms with E-state index in [0.717, 1.165) is 0 Å². The van der Waals surface area contributed by atoms with E-state index < -0.39 is 12.8 Å². The quantitative estimate of drug-likeness (QED) is 0.200. The van der Waals surface area contributed by atoms with Crippen LogP contribution in [-0.2, 0) is 16.1 Å². The van der Waals surface area contributed by atoms with E-state index in [1.165, 1.54) is 4.90 Å². The predicted octanol–water partition coefficient (Wildman–Crippen LogP) is 5.39. The summed E-state index contributed by atoms with van der Waals surface area (Å²) in [6, 6.07) is 19.9. The number of hydrogen-bond donors (Lipinski definition) is 2. The highest BCUT2D eigenvalue weighted by molar-refractivity contribution is 6.05. The van der Waals surface area contributed by atoms with Crippen molar-refractivity contribution in [3.63, 3.8) is 0 Å². The van der Waals surface area contributed by atoms with Crippen LogP contribution < -0.4 is 20.7 Å². The smallest absolute Gasteiger partial charge is 0.411 e. The SMILES string of the molecule is Nc1ccccc1NC(=O)c1ccc(OCCN(C=O)c2cc3c(COCC(F)(F)F)cccc3o2)cc1. The molecule has 38 heavy (non-hydrogen) atoms. The van der Waals surface area contributed by atoms with Gasteiger partial charge in [0.05, 0.1) is 24.5 Å². The lowest BCUT2D eigenvalue weighted by atomic mass is 10.1. The van der Waals surface area contributed by atoms with Crippen LogP contribution in [0.4, 0.5) is 30.4 Å². The summed E-state index contributed by atoms with van der Waals surface area (Å²) in [5, 5.41) is 3.29. The summed E-state index contributed by atoms with van der Waals surface area (Å²) in [5.74, 6) is 0.379. The molecule has 0 spiro atoms. The third kappa shape index (κ3) is 6.83. The zero-order valence-corrected chi connectivity index (χ0v) is 20.0. The van der Waals surface area contributed by atoms with Gasteiger partial charge in [0.25, 0.3) is 5.91 Å². The van der Waals surface area contributed by atoms with Gasteiger partial charge in [-0.15, -0.1) is 0 Å². The number of ether oxygens (including phenoxy) is 2. The van der Waals surface area contributed by atoms with Crippen molar-refractivity contribution in [3.8, 4) is 5.75 Å². The monoisotopic (exact) mass is 527 g/mol. The number of rotatable bonds is 11. The molecule has 3 N–H and O–H groups in total. The highest BCUT2D eigenvalue weighted by atomic mass is 19.4. The van der Waals surface area contributed by atoms with Crippen molar-refractivity contribution in [2.45, 2.75) is 12.8 Å². The molecule has 2 amide bonds. The molecular weight excluding hydrogens is 503 g/mol. The Morgan fingerprint density at radius 1 is 1.05 bits per heavy atom. The second-order valence-corrected chi connectivity index (χ2v) is 8.23. The average Bonchev–Trinajstić information content (AvgIpc) is 3.32. The minimum Gasteiger partial charge on any atom is -0.492 e. The summed E-state index contributed by atoms with van der Waals surface area (Å²) in [4.78, 5) is 25.4. The second kappa shape index (κ2) is 11.7. The fourth-order valence-corrected chi connectivity index (χ4v) is 3.64. The van der Waals surface area contributed by atoms with Gasteiger partial charge in [0.15, 0.2) is 0 Å². The largest absolute Gasteiger partial charge is 0.492 e. The molecule has 4 rings (SSSR count). The molecule has 0 aliphatic heterocycles. The number of amides is 2. The Morgan fingerprint density at radius 2 is 1.82 bits per heavy atom. The van der Waals surface area contributed by atoms with Crippen LogP contribution in [0.3, 0.4) is 0 Å². The van der Waals surface area contributed by atoms with E-state index in [0.29, 0.717) is 45.6 Å². The van der Waals surface area contributed by atoms with Gasteiger partial charge in [-0.3, -0.25) is 14.5 Å². The van der Waals surface area contributed by atoms with E-state index in [4.69, 9.17) is 19.6 Å². The summed E-state index contributed by atoms with van der Waals surface area (Å²) in [7, 11) is 0. The first-order valence-corrected chi connectivity index (χ1v) is 11.5. The summed E-state index contributed by atoms with van der Waals surface area (Å²) < 4.78 is 53.4. The van der Waals surface area contributed by atoms with Gasteiger partial charge in [-0.1, -0.05) is 24.3 Å². The van der Waals surface area contributed by atoms with Gasteiger partial charge >= 0.3 is 6.18 Å². The number of fused-ring (bicyclic) bond motifs is 1. The molecule has 11 heteroatoms. The minimum absolute atomic E-state index is 0.115. The zero-order valence-electron chi connectivity index (χ0n) is 20.0. The molecule has 0 saturated carbocycles. The molecule has 0 radical (unpaired) electrons. The zero-order chi connectivity index (χ0) is 27.1. The molecule has 0 unspecified atom stereocenters. The number of nitrogens with two attached hydrogens (primary N) is 1. The van der Waals surface area contributed by atoms with E-state index in [1.807, 2.05) is 0 Å². The molecule has 0 fully saturated rings. The second-order valence-electron chi connectivity index (χ2n) is 8.23. The standard InChI is InChI=1S/C27H24F3N3O5/c28-27(29,30)16-36-15-19-4-3-7-24-21(19)14-25(38-24)33(17-34)12-13-37-20-10-8-18(9-11-20)26(35)32-23-6-2-1-5-22(23)31/h1-11,14,17H,12-13,15-16,31H2,(H,32,35). The van der Waals surface area contributed by atoms with Crippen LogP contribution in [0.15, 0.2) is 77.2 Å². The third-order valence-electron chi connectivity index (χ3n) is 5.50. The minimum atomic E-state index is -4.42. The van der Waals surface area contributed by atoms with Gasteiger partial charge in [0.1, 0.15) is 24.5 Å². The average molecular weight is 527 g/mol. The molecule has 0 bridgehead atoms. The lowest BCUT2D eigenvalue weighted by molar-refractivity contribution is -0.176. The maximum atomic E-state index is 12.5. The molecule has 1 heterocycles.